The van der Waals surface area contributed by atoms with Crippen LogP contribution >= 0.6 is 0 Å². The normalized spacial score (nSPS) is 11.0. The van der Waals surface area contributed by atoms with E-state index in [9.17, 15) is 28.1 Å². The van der Waals surface area contributed by atoms with Gasteiger partial charge in [-0.05, 0) is 6.07 Å². The minimum atomic E-state index is -4.96. The number of nitro benzene ring substituents is 1. The molecule has 0 heterocycles. The molecule has 6 nitrogen and oxygen atoms in total. The quantitative estimate of drug-likeness (QED) is 0.370. The summed E-state index contributed by atoms with van der Waals surface area (Å²) in [4.78, 5) is 19.2. The van der Waals surface area contributed by atoms with Crippen molar-refractivity contribution >= 4 is 17.8 Å². The zero-order valence-corrected chi connectivity index (χ0v) is 7.99. The van der Waals surface area contributed by atoms with E-state index in [1.54, 1.807) is 5.32 Å². The summed E-state index contributed by atoms with van der Waals surface area (Å²) < 4.78 is 37.4. The molecule has 0 saturated carbocycles. The number of carbonyl (C=O) groups excluding carboxylic acids is 1. The first kappa shape index (κ1) is 12.7. The third-order valence-corrected chi connectivity index (χ3v) is 1.83. The molecule has 1 rings (SSSR count). The third kappa shape index (κ3) is 2.62. The van der Waals surface area contributed by atoms with Crippen molar-refractivity contribution in [3.8, 4) is 5.75 Å². The molecule has 0 aromatic heterocycles. The van der Waals surface area contributed by atoms with Gasteiger partial charge in [-0.1, -0.05) is 0 Å². The maximum atomic E-state index is 12.5. The number of hydrogen-bond donors (Lipinski definition) is 2. The van der Waals surface area contributed by atoms with Gasteiger partial charge in [-0.25, -0.2) is 0 Å². The number of nitrogens with zero attached hydrogens (tertiary/aromatic N) is 1. The molecule has 17 heavy (non-hydrogen) atoms. The van der Waals surface area contributed by atoms with Crippen LogP contribution in [-0.2, 0) is 11.0 Å². The van der Waals surface area contributed by atoms with Gasteiger partial charge >= 0.3 is 6.18 Å². The number of carbonyl (C=O) groups is 1. The third-order valence-electron chi connectivity index (χ3n) is 1.83. The molecule has 9 heteroatoms. The maximum Gasteiger partial charge on any atom is 0.423 e. The average molecular weight is 250 g/mol. The molecule has 92 valence electrons. The van der Waals surface area contributed by atoms with E-state index < -0.39 is 33.8 Å². The average Bonchev–Trinajstić information content (AvgIpc) is 2.18. The lowest BCUT2D eigenvalue weighted by Crippen LogP contribution is -2.10. The smallest absolute Gasteiger partial charge is 0.423 e. The number of rotatable bonds is 3. The Balaban J connectivity index is 3.47. The molecule has 0 bridgehead atoms. The van der Waals surface area contributed by atoms with Crippen LogP contribution < -0.4 is 5.32 Å². The van der Waals surface area contributed by atoms with E-state index in [0.29, 0.717) is 12.1 Å². The summed E-state index contributed by atoms with van der Waals surface area (Å²) in [6, 6.07) is 0.622. The molecule has 1 amide bonds. The van der Waals surface area contributed by atoms with Crippen molar-refractivity contribution in [1.29, 1.82) is 0 Å². The van der Waals surface area contributed by atoms with Gasteiger partial charge in [0.05, 0.1) is 16.7 Å². The number of nitrogens with one attached hydrogen (secondary N) is 1. The van der Waals surface area contributed by atoms with E-state index in [1.165, 1.54) is 0 Å². The molecule has 0 aliphatic heterocycles. The largest absolute Gasteiger partial charge is 0.506 e. The predicted octanol–water partition coefficient (Wildman–Crippen LogP) is 1.89. The first-order chi connectivity index (χ1) is 7.77. The van der Waals surface area contributed by atoms with Crippen molar-refractivity contribution in [1.82, 2.24) is 0 Å². The van der Waals surface area contributed by atoms with Crippen LogP contribution in [0.15, 0.2) is 12.1 Å². The van der Waals surface area contributed by atoms with E-state index in [1.807, 2.05) is 0 Å². The highest BCUT2D eigenvalue weighted by Crippen LogP contribution is 2.41. The van der Waals surface area contributed by atoms with Crippen LogP contribution in [0.5, 0.6) is 5.75 Å². The van der Waals surface area contributed by atoms with Gasteiger partial charge in [0.1, 0.15) is 11.3 Å². The van der Waals surface area contributed by atoms with Gasteiger partial charge in [0.25, 0.3) is 5.69 Å². The van der Waals surface area contributed by atoms with Crippen molar-refractivity contribution in [2.45, 2.75) is 6.18 Å². The van der Waals surface area contributed by atoms with E-state index in [-0.39, 0.29) is 6.41 Å². The highest BCUT2D eigenvalue weighted by molar-refractivity contribution is 5.77. The molecular weight excluding hydrogens is 245 g/mol. The molecule has 1 aromatic rings. The van der Waals surface area contributed by atoms with E-state index in [0.717, 1.165) is 0 Å². The maximum absolute atomic E-state index is 12.5. The molecule has 0 unspecified atom stereocenters. The minimum Gasteiger partial charge on any atom is -0.506 e. The van der Waals surface area contributed by atoms with Crippen molar-refractivity contribution < 1.29 is 28.0 Å². The van der Waals surface area contributed by atoms with E-state index >= 15 is 0 Å². The second-order valence-electron chi connectivity index (χ2n) is 2.90. The van der Waals surface area contributed by atoms with Gasteiger partial charge in [0.15, 0.2) is 0 Å². The van der Waals surface area contributed by atoms with Crippen LogP contribution in [0.4, 0.5) is 24.5 Å². The van der Waals surface area contributed by atoms with Crippen LogP contribution in [0, 0.1) is 10.1 Å². The number of hydrogen-bond acceptors (Lipinski definition) is 4. The van der Waals surface area contributed by atoms with E-state index in [4.69, 9.17) is 5.11 Å². The summed E-state index contributed by atoms with van der Waals surface area (Å²) in [5, 5.41) is 21.4. The number of benzene rings is 1. The summed E-state index contributed by atoms with van der Waals surface area (Å²) in [7, 11) is 0. The zero-order chi connectivity index (χ0) is 13.2. The van der Waals surface area contributed by atoms with Crippen LogP contribution in [-0.4, -0.2) is 16.4 Å². The lowest BCUT2D eigenvalue weighted by molar-refractivity contribution is -0.388. The standard InChI is InChI=1S/C8H5F3N2O4/c9-8(10,11)4-1-5(12-3-14)7(15)2-6(4)13(16)17/h1-3,15H,(H,12,14). The molecule has 0 saturated heterocycles. The Morgan fingerprint density at radius 3 is 2.41 bits per heavy atom. The number of amides is 1. The lowest BCUT2D eigenvalue weighted by atomic mass is 10.1. The summed E-state index contributed by atoms with van der Waals surface area (Å²) in [5.41, 5.74) is -3.39. The minimum absolute atomic E-state index is 0.0427. The fourth-order valence-electron chi connectivity index (χ4n) is 1.13. The summed E-state index contributed by atoms with van der Waals surface area (Å²) in [5.74, 6) is -0.822. The predicted molar refractivity (Wildman–Crippen MR) is 49.4 cm³/mol. The Bertz CT molecular complexity index is 473. The highest BCUT2D eigenvalue weighted by Gasteiger charge is 2.39. The molecule has 0 radical (unpaired) electrons. The monoisotopic (exact) mass is 250 g/mol. The molecule has 0 spiro atoms. The van der Waals surface area contributed by atoms with E-state index in [2.05, 4.69) is 0 Å². The van der Waals surface area contributed by atoms with Crippen molar-refractivity contribution in [3.63, 3.8) is 0 Å². The number of anilines is 1. The Labute approximate surface area is 91.8 Å². The first-order valence-electron chi connectivity index (χ1n) is 4.06. The number of aromatic hydroxyl groups is 1. The fraction of sp³-hybridized carbons (Fsp3) is 0.125. The number of halogens is 3. The lowest BCUT2D eigenvalue weighted by Gasteiger charge is -2.10. The molecule has 0 aliphatic carbocycles. The SMILES string of the molecule is O=CNc1cc(C(F)(F)F)c([N+](=O)[O-])cc1O. The number of alkyl halides is 3. The number of phenols is 1. The van der Waals surface area contributed by atoms with Crippen LogP contribution in [0.1, 0.15) is 5.56 Å². The number of phenolic OH excluding ortho intramolecular Hbond substituents is 1. The topological polar surface area (TPSA) is 92.5 Å². The number of nitro groups is 1. The van der Waals surface area contributed by atoms with Crippen molar-refractivity contribution in [2.24, 2.45) is 0 Å². The van der Waals surface area contributed by atoms with Gasteiger partial charge in [-0.3, -0.25) is 14.9 Å². The zero-order valence-electron chi connectivity index (χ0n) is 7.99. The molecule has 0 fully saturated rings. The molecule has 2 N–H and O–H groups in total. The summed E-state index contributed by atoms with van der Waals surface area (Å²) in [6.07, 6.45) is -4.92. The Morgan fingerprint density at radius 1 is 1.41 bits per heavy atom. The van der Waals surface area contributed by atoms with Gasteiger partial charge in [-0.15, -0.1) is 0 Å². The van der Waals surface area contributed by atoms with Gasteiger partial charge in [0, 0.05) is 0 Å². The molecule has 0 aliphatic rings. The second kappa shape index (κ2) is 4.28. The van der Waals surface area contributed by atoms with Crippen molar-refractivity contribution in [3.05, 3.63) is 27.8 Å². The summed E-state index contributed by atoms with van der Waals surface area (Å²) in [6.45, 7) is 0. The molecule has 1 aromatic carbocycles. The van der Waals surface area contributed by atoms with Crippen LogP contribution in [0.3, 0.4) is 0 Å². The van der Waals surface area contributed by atoms with Gasteiger partial charge in [-0.2, -0.15) is 13.2 Å². The highest BCUT2D eigenvalue weighted by atomic mass is 19.4. The Hall–Kier alpha value is -2.32. The first-order valence-corrected chi connectivity index (χ1v) is 4.06. The van der Waals surface area contributed by atoms with Gasteiger partial charge < -0.3 is 10.4 Å². The van der Waals surface area contributed by atoms with Crippen molar-refractivity contribution in [2.75, 3.05) is 5.32 Å². The molecule has 0 atom stereocenters. The van der Waals surface area contributed by atoms with Gasteiger partial charge in [0.2, 0.25) is 6.41 Å². The summed E-state index contributed by atoms with van der Waals surface area (Å²) >= 11 is 0. The van der Waals surface area contributed by atoms with Crippen LogP contribution in [0.2, 0.25) is 0 Å². The Kier molecular flexibility index (Phi) is 3.21. The van der Waals surface area contributed by atoms with Crippen LogP contribution in [0.25, 0.3) is 0 Å². The fourth-order valence-corrected chi connectivity index (χ4v) is 1.13. The second-order valence-corrected chi connectivity index (χ2v) is 2.90. The Morgan fingerprint density at radius 2 is 2.00 bits per heavy atom. The molecular formula is C8H5F3N2O4.